The van der Waals surface area contributed by atoms with Gasteiger partial charge in [0.25, 0.3) is 0 Å². The quantitative estimate of drug-likeness (QED) is 0.793. The van der Waals surface area contributed by atoms with Crippen LogP contribution in [0, 0.1) is 5.82 Å². The van der Waals surface area contributed by atoms with E-state index in [9.17, 15) is 9.18 Å². The highest BCUT2D eigenvalue weighted by atomic mass is 19.1. The Labute approximate surface area is 107 Å². The fraction of sp³-hybridized carbons (Fsp3) is 0.462. The van der Waals surface area contributed by atoms with Crippen LogP contribution in [0.2, 0.25) is 0 Å². The molecule has 0 spiro atoms. The van der Waals surface area contributed by atoms with Crippen molar-refractivity contribution in [3.05, 3.63) is 35.1 Å². The van der Waals surface area contributed by atoms with Crippen LogP contribution in [0.15, 0.2) is 18.2 Å². The van der Waals surface area contributed by atoms with Crippen molar-refractivity contribution in [1.82, 2.24) is 4.90 Å². The van der Waals surface area contributed by atoms with E-state index in [1.54, 1.807) is 12.1 Å². The number of nitrogens with zero attached hydrogens (tertiary/aromatic N) is 1. The summed E-state index contributed by atoms with van der Waals surface area (Å²) in [6, 6.07) is 4.90. The monoisotopic (exact) mass is 253 g/mol. The van der Waals surface area contributed by atoms with Gasteiger partial charge >= 0.3 is 0 Å². The van der Waals surface area contributed by atoms with Crippen molar-refractivity contribution in [2.75, 3.05) is 6.54 Å². The molecule has 0 atom stereocenters. The van der Waals surface area contributed by atoms with Gasteiger partial charge in [0.1, 0.15) is 5.82 Å². The molecule has 0 aliphatic rings. The van der Waals surface area contributed by atoms with Gasteiger partial charge in [-0.2, -0.15) is 0 Å². The normalized spacial score (nSPS) is 11.2. The van der Waals surface area contributed by atoms with E-state index < -0.39 is 5.91 Å². The molecule has 1 amide bonds. The molecular weight excluding hydrogens is 233 g/mol. The molecule has 0 saturated heterocycles. The summed E-state index contributed by atoms with van der Waals surface area (Å²) in [6.45, 7) is 4.70. The maximum absolute atomic E-state index is 13.7. The van der Waals surface area contributed by atoms with E-state index in [0.717, 1.165) is 5.56 Å². The minimum atomic E-state index is -0.418. The summed E-state index contributed by atoms with van der Waals surface area (Å²) < 4.78 is 13.7. The highest BCUT2D eigenvalue weighted by Gasteiger charge is 2.15. The van der Waals surface area contributed by atoms with Crippen molar-refractivity contribution in [1.29, 1.82) is 0 Å². The molecule has 1 aromatic carbocycles. The minimum Gasteiger partial charge on any atom is -0.369 e. The van der Waals surface area contributed by atoms with Gasteiger partial charge in [-0.25, -0.2) is 4.39 Å². The predicted molar refractivity (Wildman–Crippen MR) is 69.0 cm³/mol. The summed E-state index contributed by atoms with van der Waals surface area (Å²) in [4.78, 5) is 12.8. The summed E-state index contributed by atoms with van der Waals surface area (Å²) >= 11 is 0. The van der Waals surface area contributed by atoms with Gasteiger partial charge < -0.3 is 11.5 Å². The van der Waals surface area contributed by atoms with Crippen LogP contribution in [0.3, 0.4) is 0 Å². The predicted octanol–water partition coefficient (Wildman–Crippen LogP) is 0.980. The van der Waals surface area contributed by atoms with Crippen molar-refractivity contribution in [2.24, 2.45) is 11.5 Å². The van der Waals surface area contributed by atoms with Crippen LogP contribution in [-0.4, -0.2) is 23.4 Å². The fourth-order valence-electron chi connectivity index (χ4n) is 1.72. The topological polar surface area (TPSA) is 72.3 Å². The van der Waals surface area contributed by atoms with Gasteiger partial charge in [-0.1, -0.05) is 12.1 Å². The van der Waals surface area contributed by atoms with E-state index >= 15 is 0 Å². The second kappa shape index (κ2) is 6.47. The number of carbonyl (C=O) groups excluding carboxylic acids is 1. The Morgan fingerprint density at radius 1 is 1.44 bits per heavy atom. The molecule has 0 unspecified atom stereocenters. The molecule has 4 N–H and O–H groups in total. The average molecular weight is 253 g/mol. The van der Waals surface area contributed by atoms with Crippen LogP contribution in [0.25, 0.3) is 0 Å². The van der Waals surface area contributed by atoms with E-state index in [1.807, 2.05) is 18.7 Å². The van der Waals surface area contributed by atoms with Crippen LogP contribution in [0.5, 0.6) is 0 Å². The van der Waals surface area contributed by atoms with Crippen LogP contribution in [0.4, 0.5) is 4.39 Å². The number of halogens is 1. The fourth-order valence-corrected chi connectivity index (χ4v) is 1.72. The lowest BCUT2D eigenvalue weighted by molar-refractivity contribution is -0.119. The number of hydrogen-bond donors (Lipinski definition) is 2. The van der Waals surface area contributed by atoms with Gasteiger partial charge in [0.15, 0.2) is 0 Å². The summed E-state index contributed by atoms with van der Waals surface area (Å²) in [6.07, 6.45) is 0. The Kier molecular flexibility index (Phi) is 5.25. The van der Waals surface area contributed by atoms with E-state index in [-0.39, 0.29) is 18.4 Å². The molecule has 0 heterocycles. The summed E-state index contributed by atoms with van der Waals surface area (Å²) in [5.74, 6) is -0.707. The standard InChI is InChI=1S/C13H20FN3O/c1-9(2)17(8-13(16)18)7-11-5-10(6-15)3-4-12(11)14/h3-5,9H,6-8,15H2,1-2H3,(H2,16,18). The zero-order chi connectivity index (χ0) is 13.7. The number of carbonyl (C=O) groups is 1. The average Bonchev–Trinajstić information content (AvgIpc) is 2.30. The first-order valence-corrected chi connectivity index (χ1v) is 5.93. The molecular formula is C13H20FN3O. The molecule has 0 fully saturated rings. The van der Waals surface area contributed by atoms with Crippen LogP contribution < -0.4 is 11.5 Å². The van der Waals surface area contributed by atoms with Crippen LogP contribution in [0.1, 0.15) is 25.0 Å². The zero-order valence-electron chi connectivity index (χ0n) is 10.8. The lowest BCUT2D eigenvalue weighted by atomic mass is 10.1. The Morgan fingerprint density at radius 2 is 2.11 bits per heavy atom. The van der Waals surface area contributed by atoms with Gasteiger partial charge in [0.05, 0.1) is 6.54 Å². The molecule has 0 aliphatic carbocycles. The molecule has 0 bridgehead atoms. The summed E-state index contributed by atoms with van der Waals surface area (Å²) in [7, 11) is 0. The first-order valence-electron chi connectivity index (χ1n) is 5.93. The largest absolute Gasteiger partial charge is 0.369 e. The molecule has 1 aromatic rings. The lowest BCUT2D eigenvalue weighted by Gasteiger charge is -2.25. The lowest BCUT2D eigenvalue weighted by Crippen LogP contribution is -2.38. The molecule has 5 heteroatoms. The van der Waals surface area contributed by atoms with Gasteiger partial charge in [-0.3, -0.25) is 9.69 Å². The minimum absolute atomic E-state index is 0.110. The maximum atomic E-state index is 13.7. The highest BCUT2D eigenvalue weighted by Crippen LogP contribution is 2.14. The Morgan fingerprint density at radius 3 is 2.61 bits per heavy atom. The van der Waals surface area contributed by atoms with Gasteiger partial charge in [-0.15, -0.1) is 0 Å². The summed E-state index contributed by atoms with van der Waals surface area (Å²) in [5, 5.41) is 0. The second-order valence-corrected chi connectivity index (χ2v) is 4.59. The first kappa shape index (κ1) is 14.6. The third-order valence-corrected chi connectivity index (χ3v) is 2.81. The van der Waals surface area contributed by atoms with Crippen LogP contribution >= 0.6 is 0 Å². The molecule has 18 heavy (non-hydrogen) atoms. The van der Waals surface area contributed by atoms with E-state index in [2.05, 4.69) is 0 Å². The first-order chi connectivity index (χ1) is 8.43. The van der Waals surface area contributed by atoms with Crippen molar-refractivity contribution < 1.29 is 9.18 Å². The molecule has 4 nitrogen and oxygen atoms in total. The van der Waals surface area contributed by atoms with Crippen molar-refractivity contribution in [3.8, 4) is 0 Å². The number of benzene rings is 1. The molecule has 0 radical (unpaired) electrons. The SMILES string of the molecule is CC(C)N(CC(N)=O)Cc1cc(CN)ccc1F. The zero-order valence-corrected chi connectivity index (χ0v) is 10.8. The number of nitrogens with two attached hydrogens (primary N) is 2. The van der Waals surface area contributed by atoms with E-state index in [4.69, 9.17) is 11.5 Å². The highest BCUT2D eigenvalue weighted by molar-refractivity contribution is 5.75. The van der Waals surface area contributed by atoms with Gasteiger partial charge in [0, 0.05) is 24.7 Å². The maximum Gasteiger partial charge on any atom is 0.231 e. The van der Waals surface area contributed by atoms with Gasteiger partial charge in [0.2, 0.25) is 5.91 Å². The Balaban J connectivity index is 2.88. The number of amides is 1. The smallest absolute Gasteiger partial charge is 0.231 e. The van der Waals surface area contributed by atoms with Crippen LogP contribution in [-0.2, 0) is 17.9 Å². The molecule has 1 rings (SSSR count). The molecule has 100 valence electrons. The van der Waals surface area contributed by atoms with Gasteiger partial charge in [-0.05, 0) is 25.5 Å². The number of hydrogen-bond acceptors (Lipinski definition) is 3. The van der Waals surface area contributed by atoms with Crippen molar-refractivity contribution in [3.63, 3.8) is 0 Å². The molecule has 0 saturated carbocycles. The summed E-state index contributed by atoms with van der Waals surface area (Å²) in [5.41, 5.74) is 12.1. The molecule has 0 aliphatic heterocycles. The second-order valence-electron chi connectivity index (χ2n) is 4.59. The van der Waals surface area contributed by atoms with E-state index in [1.165, 1.54) is 6.07 Å². The number of rotatable bonds is 6. The Bertz CT molecular complexity index is 421. The third-order valence-electron chi connectivity index (χ3n) is 2.81. The third kappa shape index (κ3) is 4.09. The Hall–Kier alpha value is -1.46. The number of primary amides is 1. The van der Waals surface area contributed by atoms with E-state index in [0.29, 0.717) is 18.7 Å². The van der Waals surface area contributed by atoms with Crippen molar-refractivity contribution in [2.45, 2.75) is 33.0 Å². The van der Waals surface area contributed by atoms with Crippen molar-refractivity contribution >= 4 is 5.91 Å². The molecule has 0 aromatic heterocycles.